The molecule has 2 amide bonds. The van der Waals surface area contributed by atoms with Crippen molar-refractivity contribution in [2.75, 3.05) is 37.8 Å². The van der Waals surface area contributed by atoms with Crippen molar-refractivity contribution in [1.82, 2.24) is 30.2 Å². The number of carbonyl (C=O) groups is 4. The molecule has 1 saturated heterocycles. The highest BCUT2D eigenvalue weighted by atomic mass is 32.2. The Morgan fingerprint density at radius 2 is 1.67 bits per heavy atom. The lowest BCUT2D eigenvalue weighted by molar-refractivity contribution is -0.137. The fourth-order valence-corrected chi connectivity index (χ4v) is 9.16. The van der Waals surface area contributed by atoms with Gasteiger partial charge in [0.15, 0.2) is 22.8 Å². The molecule has 0 aliphatic carbocycles. The SMILES string of the molecule is CC(C)CCC[C@@H](C)C(=O)CC(=O)SCCNC(=O)CCNC(=O)[C@@H](O)C(C)(C)COP(=O)(O)OP(=O)(O)OC[C@@H]1O[C@H](n2cnc3c(N)ncnc32)[C@H](O)[C@@H]1OP(=O)(O)O. The number of nitrogen functional groups attached to an aromatic ring is 1. The molecule has 29 heteroatoms. The van der Waals surface area contributed by atoms with Crippen LogP contribution in [-0.4, -0.2) is 128 Å². The lowest BCUT2D eigenvalue weighted by atomic mass is 9.87. The number of thioether (sulfide) groups is 1. The van der Waals surface area contributed by atoms with Crippen LogP contribution in [0.1, 0.15) is 73.0 Å². The molecule has 2 unspecified atom stereocenters. The summed E-state index contributed by atoms with van der Waals surface area (Å²) in [4.78, 5) is 100. The van der Waals surface area contributed by atoms with Gasteiger partial charge < -0.3 is 50.9 Å². The van der Waals surface area contributed by atoms with Crippen molar-refractivity contribution in [2.24, 2.45) is 17.3 Å². The molecule has 61 heavy (non-hydrogen) atoms. The second-order valence-electron chi connectivity index (χ2n) is 15.2. The van der Waals surface area contributed by atoms with Gasteiger partial charge in [0, 0.05) is 36.6 Å². The van der Waals surface area contributed by atoms with Crippen molar-refractivity contribution in [3.05, 3.63) is 12.7 Å². The Labute approximate surface area is 354 Å². The number of aromatic nitrogens is 4. The van der Waals surface area contributed by atoms with Crippen LogP contribution < -0.4 is 16.4 Å². The summed E-state index contributed by atoms with van der Waals surface area (Å²) < 4.78 is 62.2. The Bertz CT molecular complexity index is 1990. The highest BCUT2D eigenvalue weighted by Crippen LogP contribution is 2.61. The van der Waals surface area contributed by atoms with E-state index in [1.165, 1.54) is 13.8 Å². The first-order valence-corrected chi connectivity index (χ1v) is 24.3. The molecule has 25 nitrogen and oxygen atoms in total. The second kappa shape index (κ2) is 22.7. The molecular formula is C32H54N7O18P3S. The Hall–Kier alpha value is -2.77. The number of nitrogens with one attached hydrogen (secondary N) is 2. The number of Topliss-reactive ketones (excluding diaryl/α,β-unsaturated/α-hetero) is 1. The van der Waals surface area contributed by atoms with Crippen molar-refractivity contribution in [1.29, 1.82) is 0 Å². The number of fused-ring (bicyclic) bond motifs is 1. The van der Waals surface area contributed by atoms with Crippen LogP contribution in [0.5, 0.6) is 0 Å². The topological polar surface area (TPSA) is 381 Å². The number of carbonyl (C=O) groups excluding carboxylic acids is 4. The smallest absolute Gasteiger partial charge is 0.386 e. The molecule has 0 saturated carbocycles. The number of ether oxygens (including phenoxy) is 1. The average molecular weight is 950 g/mol. The first kappa shape index (κ1) is 52.6. The van der Waals surface area contributed by atoms with Crippen molar-refractivity contribution in [3.8, 4) is 0 Å². The third-order valence-electron chi connectivity index (χ3n) is 9.05. The number of phosphoric ester groups is 3. The van der Waals surface area contributed by atoms with Crippen LogP contribution in [0.3, 0.4) is 0 Å². The summed E-state index contributed by atoms with van der Waals surface area (Å²) in [6.07, 6.45) is -4.59. The zero-order chi connectivity index (χ0) is 45.9. The number of nitrogens with two attached hydrogens (primary N) is 1. The van der Waals surface area contributed by atoms with E-state index < -0.39 is 84.6 Å². The molecular weight excluding hydrogens is 895 g/mol. The standard InChI is InChI=1S/C32H54N7O18P3S/c1-18(2)7-6-8-19(3)20(40)13-23(42)61-12-11-34-22(41)9-10-35-30(45)27(44)32(4,5)15-54-60(51,52)57-59(49,50)53-14-21-26(56-58(46,47)48)25(43)31(55-21)39-17-38-24-28(33)36-16-37-29(24)39/h16-19,21,25-27,31,43-44H,6-15H2,1-5H3,(H,34,41)(H,35,45)(H,49,50)(H,51,52)(H2,33,36,37)(H2,46,47,48)/t19-,21+,25-,26-,27-,31+/m1/s1. The molecule has 1 fully saturated rings. The number of imidazole rings is 1. The van der Waals surface area contributed by atoms with Crippen LogP contribution in [0.15, 0.2) is 12.7 Å². The van der Waals surface area contributed by atoms with Gasteiger partial charge in [0.1, 0.15) is 42.0 Å². The Morgan fingerprint density at radius 3 is 2.33 bits per heavy atom. The second-order valence-corrected chi connectivity index (χ2v) is 20.5. The van der Waals surface area contributed by atoms with Gasteiger partial charge in [-0.15, -0.1) is 0 Å². The fourth-order valence-electron chi connectivity index (χ4n) is 5.66. The molecule has 2 aromatic heterocycles. The molecule has 346 valence electrons. The summed E-state index contributed by atoms with van der Waals surface area (Å²) >= 11 is 0.924. The number of nitrogens with zero attached hydrogens (tertiary/aromatic N) is 4. The van der Waals surface area contributed by atoms with E-state index >= 15 is 0 Å². The van der Waals surface area contributed by atoms with Crippen LogP contribution in [0, 0.1) is 17.3 Å². The number of anilines is 1. The minimum Gasteiger partial charge on any atom is -0.386 e. The molecule has 2 aromatic rings. The van der Waals surface area contributed by atoms with Crippen LogP contribution >= 0.6 is 35.2 Å². The van der Waals surface area contributed by atoms with Crippen LogP contribution in [-0.2, 0) is 55.5 Å². The van der Waals surface area contributed by atoms with Gasteiger partial charge in [-0.2, -0.15) is 4.31 Å². The fraction of sp³-hybridized carbons (Fsp3) is 0.719. The molecule has 10 N–H and O–H groups in total. The van der Waals surface area contributed by atoms with Crippen LogP contribution in [0.2, 0.25) is 0 Å². The summed E-state index contributed by atoms with van der Waals surface area (Å²) in [6, 6.07) is 0. The number of hydrogen-bond donors (Lipinski definition) is 9. The largest absolute Gasteiger partial charge is 0.481 e. The van der Waals surface area contributed by atoms with E-state index in [9.17, 15) is 62.7 Å². The number of aliphatic hydroxyl groups excluding tert-OH is 2. The van der Waals surface area contributed by atoms with Crippen molar-refractivity contribution in [3.63, 3.8) is 0 Å². The molecule has 1 aliphatic heterocycles. The third-order valence-corrected chi connectivity index (χ3v) is 13.0. The van der Waals surface area contributed by atoms with E-state index in [1.807, 2.05) is 0 Å². The number of ketones is 1. The summed E-state index contributed by atoms with van der Waals surface area (Å²) in [5.41, 5.74) is 4.23. The number of rotatable bonds is 26. The van der Waals surface area contributed by atoms with Crippen molar-refractivity contribution < 1.29 is 85.3 Å². The highest BCUT2D eigenvalue weighted by Gasteiger charge is 2.50. The van der Waals surface area contributed by atoms with Gasteiger partial charge in [0.25, 0.3) is 0 Å². The minimum atomic E-state index is -5.59. The van der Waals surface area contributed by atoms with Crippen LogP contribution in [0.4, 0.5) is 5.82 Å². The number of aliphatic hydroxyl groups is 2. The summed E-state index contributed by atoms with van der Waals surface area (Å²) in [7, 11) is -16.4. The lowest BCUT2D eigenvalue weighted by Crippen LogP contribution is -2.46. The Kier molecular flexibility index (Phi) is 19.6. The highest BCUT2D eigenvalue weighted by molar-refractivity contribution is 8.13. The maximum atomic E-state index is 12.7. The van der Waals surface area contributed by atoms with E-state index in [0.717, 1.165) is 48.2 Å². The molecule has 1 aliphatic rings. The summed E-state index contributed by atoms with van der Waals surface area (Å²) in [5, 5.41) is 26.1. The zero-order valence-corrected chi connectivity index (χ0v) is 37.5. The molecule has 3 rings (SSSR count). The molecule has 3 heterocycles. The summed E-state index contributed by atoms with van der Waals surface area (Å²) in [5.74, 6) is -1.11. The number of amides is 2. The molecule has 0 spiro atoms. The van der Waals surface area contributed by atoms with E-state index in [0.29, 0.717) is 5.92 Å². The van der Waals surface area contributed by atoms with Gasteiger partial charge in [0.05, 0.1) is 26.0 Å². The Morgan fingerprint density at radius 1 is 1.00 bits per heavy atom. The molecule has 0 aromatic carbocycles. The average Bonchev–Trinajstić information content (AvgIpc) is 3.71. The van der Waals surface area contributed by atoms with Crippen molar-refractivity contribution in [2.45, 2.75) is 97.4 Å². The number of phosphoric acid groups is 3. The van der Waals surface area contributed by atoms with E-state index in [-0.39, 0.29) is 65.5 Å². The third kappa shape index (κ3) is 17.0. The van der Waals surface area contributed by atoms with Crippen molar-refractivity contribution >= 4 is 74.9 Å². The van der Waals surface area contributed by atoms with Gasteiger partial charge in [0.2, 0.25) is 11.8 Å². The van der Waals surface area contributed by atoms with E-state index in [4.69, 9.17) is 19.5 Å². The maximum Gasteiger partial charge on any atom is 0.481 e. The van der Waals surface area contributed by atoms with Crippen LogP contribution in [0.25, 0.3) is 11.2 Å². The Balaban J connectivity index is 1.43. The predicted molar refractivity (Wildman–Crippen MR) is 215 cm³/mol. The van der Waals surface area contributed by atoms with Gasteiger partial charge in [-0.3, -0.25) is 37.3 Å². The first-order valence-electron chi connectivity index (χ1n) is 18.8. The van der Waals surface area contributed by atoms with Gasteiger partial charge in [-0.1, -0.05) is 59.2 Å². The minimum absolute atomic E-state index is 0.0248. The first-order chi connectivity index (χ1) is 28.2. The lowest BCUT2D eigenvalue weighted by Gasteiger charge is -2.30. The quantitative estimate of drug-likeness (QED) is 0.0362. The van der Waals surface area contributed by atoms with Gasteiger partial charge in [-0.25, -0.2) is 28.6 Å². The van der Waals surface area contributed by atoms with Gasteiger partial charge >= 0.3 is 23.5 Å². The molecule has 0 bridgehead atoms. The molecule has 0 radical (unpaired) electrons. The van der Waals surface area contributed by atoms with E-state index in [2.05, 4.69) is 48.3 Å². The summed E-state index contributed by atoms with van der Waals surface area (Å²) in [6.45, 7) is 6.33. The number of hydrogen-bond acceptors (Lipinski definition) is 19. The predicted octanol–water partition coefficient (Wildman–Crippen LogP) is 1.09. The van der Waals surface area contributed by atoms with Gasteiger partial charge in [-0.05, 0) is 12.3 Å². The normalized spacial score (nSPS) is 21.4. The van der Waals surface area contributed by atoms with E-state index in [1.54, 1.807) is 6.92 Å². The molecule has 8 atom stereocenters. The maximum absolute atomic E-state index is 12.7. The monoisotopic (exact) mass is 949 g/mol. The zero-order valence-electron chi connectivity index (χ0n) is 34.0.